The van der Waals surface area contributed by atoms with Gasteiger partial charge < -0.3 is 9.84 Å². The first kappa shape index (κ1) is 9.91. The third-order valence-corrected chi connectivity index (χ3v) is 3.61. The zero-order valence-electron chi connectivity index (χ0n) is 9.49. The van der Waals surface area contributed by atoms with E-state index in [1.807, 2.05) is 12.1 Å². The second kappa shape index (κ2) is 3.36. The van der Waals surface area contributed by atoms with Crippen molar-refractivity contribution in [3.8, 4) is 5.75 Å². The molecule has 0 unspecified atom stereocenters. The monoisotopic (exact) mass is 216 g/mol. The number of hydrogen-bond donors (Lipinski definition) is 1. The Morgan fingerprint density at radius 2 is 2.12 bits per heavy atom. The number of rotatable bonds is 2. The van der Waals surface area contributed by atoms with Crippen LogP contribution in [0.25, 0.3) is 5.57 Å². The fourth-order valence-corrected chi connectivity index (χ4v) is 2.57. The number of benzene rings is 1. The van der Waals surface area contributed by atoms with Crippen LogP contribution in [0, 0.1) is 0 Å². The highest BCUT2D eigenvalue weighted by atomic mass is 16.5. The number of hydrogen-bond acceptors (Lipinski definition) is 2. The van der Waals surface area contributed by atoms with Crippen molar-refractivity contribution in [3.05, 3.63) is 35.4 Å². The standard InChI is InChI=1S/C14H16O2/c1-16-13-7-3-4-10-11(13)5-2-6-12(10)14(15)8-9-14/h3-4,6-7,15H,2,5,8-9H2,1H3. The van der Waals surface area contributed by atoms with E-state index in [9.17, 15) is 5.11 Å². The second-order valence-corrected chi connectivity index (χ2v) is 4.67. The van der Waals surface area contributed by atoms with Crippen LogP contribution in [0.2, 0.25) is 0 Å². The van der Waals surface area contributed by atoms with Crippen LogP contribution in [0.5, 0.6) is 5.75 Å². The number of methoxy groups -OCH3 is 1. The molecule has 0 aromatic heterocycles. The molecule has 0 atom stereocenters. The molecular formula is C14H16O2. The van der Waals surface area contributed by atoms with Gasteiger partial charge in [-0.2, -0.15) is 0 Å². The molecule has 1 saturated carbocycles. The minimum atomic E-state index is -0.540. The molecule has 1 fully saturated rings. The first-order chi connectivity index (χ1) is 7.74. The topological polar surface area (TPSA) is 29.5 Å². The average molecular weight is 216 g/mol. The maximum Gasteiger partial charge on any atom is 0.122 e. The Morgan fingerprint density at radius 3 is 2.81 bits per heavy atom. The van der Waals surface area contributed by atoms with Gasteiger partial charge >= 0.3 is 0 Å². The van der Waals surface area contributed by atoms with E-state index in [2.05, 4.69) is 12.1 Å². The summed E-state index contributed by atoms with van der Waals surface area (Å²) in [6, 6.07) is 6.10. The van der Waals surface area contributed by atoms with Gasteiger partial charge in [0.05, 0.1) is 12.7 Å². The van der Waals surface area contributed by atoms with Crippen molar-refractivity contribution in [3.63, 3.8) is 0 Å². The van der Waals surface area contributed by atoms with E-state index in [1.165, 1.54) is 11.1 Å². The van der Waals surface area contributed by atoms with E-state index in [0.29, 0.717) is 0 Å². The molecule has 2 nitrogen and oxygen atoms in total. The van der Waals surface area contributed by atoms with Gasteiger partial charge in [0, 0.05) is 5.56 Å². The van der Waals surface area contributed by atoms with Crippen LogP contribution in [0.3, 0.4) is 0 Å². The molecule has 0 aliphatic heterocycles. The lowest BCUT2D eigenvalue weighted by Crippen LogP contribution is -2.14. The maximum atomic E-state index is 10.3. The predicted molar refractivity (Wildman–Crippen MR) is 63.5 cm³/mol. The molecule has 0 amide bonds. The van der Waals surface area contributed by atoms with E-state index in [4.69, 9.17) is 4.74 Å². The Labute approximate surface area is 95.6 Å². The molecule has 16 heavy (non-hydrogen) atoms. The van der Waals surface area contributed by atoms with Crippen molar-refractivity contribution in [2.24, 2.45) is 0 Å². The molecule has 0 spiro atoms. The predicted octanol–water partition coefficient (Wildman–Crippen LogP) is 2.55. The summed E-state index contributed by atoms with van der Waals surface area (Å²) in [6.07, 6.45) is 6.00. The van der Waals surface area contributed by atoms with Crippen LogP contribution in [-0.4, -0.2) is 17.8 Å². The highest BCUT2D eigenvalue weighted by molar-refractivity contribution is 5.79. The molecule has 0 radical (unpaired) electrons. The summed E-state index contributed by atoms with van der Waals surface area (Å²) < 4.78 is 5.39. The van der Waals surface area contributed by atoms with Crippen molar-refractivity contribution in [1.29, 1.82) is 0 Å². The highest BCUT2D eigenvalue weighted by Gasteiger charge is 2.45. The van der Waals surface area contributed by atoms with Gasteiger partial charge in [0.2, 0.25) is 0 Å². The fraction of sp³-hybridized carbons (Fsp3) is 0.429. The summed E-state index contributed by atoms with van der Waals surface area (Å²) in [7, 11) is 1.71. The molecule has 2 heteroatoms. The largest absolute Gasteiger partial charge is 0.496 e. The van der Waals surface area contributed by atoms with Gasteiger partial charge in [0.15, 0.2) is 0 Å². The van der Waals surface area contributed by atoms with E-state index >= 15 is 0 Å². The van der Waals surface area contributed by atoms with Gasteiger partial charge in [-0.3, -0.25) is 0 Å². The highest BCUT2D eigenvalue weighted by Crippen LogP contribution is 2.49. The number of ether oxygens (including phenoxy) is 1. The Balaban J connectivity index is 2.11. The van der Waals surface area contributed by atoms with Gasteiger partial charge in [0.1, 0.15) is 5.75 Å². The van der Waals surface area contributed by atoms with Gasteiger partial charge in [-0.15, -0.1) is 0 Å². The van der Waals surface area contributed by atoms with Crippen LogP contribution in [-0.2, 0) is 6.42 Å². The summed E-state index contributed by atoms with van der Waals surface area (Å²) in [5.74, 6) is 0.951. The molecule has 3 rings (SSSR count). The third-order valence-electron chi connectivity index (χ3n) is 3.61. The lowest BCUT2D eigenvalue weighted by Gasteiger charge is -2.23. The lowest BCUT2D eigenvalue weighted by atomic mass is 9.86. The molecule has 2 aliphatic rings. The van der Waals surface area contributed by atoms with E-state index < -0.39 is 5.60 Å². The van der Waals surface area contributed by atoms with Crippen LogP contribution >= 0.6 is 0 Å². The summed E-state index contributed by atoms with van der Waals surface area (Å²) in [5, 5.41) is 10.3. The second-order valence-electron chi connectivity index (χ2n) is 4.67. The molecule has 1 N–H and O–H groups in total. The summed E-state index contributed by atoms with van der Waals surface area (Å²) in [5.41, 5.74) is 3.02. The Kier molecular flexibility index (Phi) is 2.08. The summed E-state index contributed by atoms with van der Waals surface area (Å²) >= 11 is 0. The smallest absolute Gasteiger partial charge is 0.122 e. The first-order valence-electron chi connectivity index (χ1n) is 5.84. The lowest BCUT2D eigenvalue weighted by molar-refractivity contribution is 0.211. The Hall–Kier alpha value is -1.28. The zero-order chi connectivity index (χ0) is 11.2. The fourth-order valence-electron chi connectivity index (χ4n) is 2.57. The molecule has 1 aromatic rings. The van der Waals surface area contributed by atoms with Crippen molar-refractivity contribution in [2.75, 3.05) is 7.11 Å². The third kappa shape index (κ3) is 1.37. The van der Waals surface area contributed by atoms with Crippen molar-refractivity contribution in [2.45, 2.75) is 31.3 Å². The SMILES string of the molecule is COc1cccc2c1CCC=C2C1(O)CC1. The molecular weight excluding hydrogens is 200 g/mol. The van der Waals surface area contributed by atoms with E-state index in [-0.39, 0.29) is 0 Å². The molecule has 0 heterocycles. The Bertz CT molecular complexity index is 456. The Morgan fingerprint density at radius 1 is 1.31 bits per heavy atom. The number of fused-ring (bicyclic) bond motifs is 1. The number of allylic oxidation sites excluding steroid dienone is 1. The summed E-state index contributed by atoms with van der Waals surface area (Å²) in [6.45, 7) is 0. The summed E-state index contributed by atoms with van der Waals surface area (Å²) in [4.78, 5) is 0. The molecule has 0 saturated heterocycles. The van der Waals surface area contributed by atoms with Crippen molar-refractivity contribution < 1.29 is 9.84 Å². The normalized spacial score (nSPS) is 21.0. The number of aliphatic hydroxyl groups is 1. The minimum Gasteiger partial charge on any atom is -0.496 e. The van der Waals surface area contributed by atoms with Gasteiger partial charge in [0.25, 0.3) is 0 Å². The van der Waals surface area contributed by atoms with Crippen LogP contribution in [0.1, 0.15) is 30.4 Å². The molecule has 2 aliphatic carbocycles. The van der Waals surface area contributed by atoms with Gasteiger partial charge in [-0.05, 0) is 42.9 Å². The van der Waals surface area contributed by atoms with Crippen molar-refractivity contribution >= 4 is 5.57 Å². The quantitative estimate of drug-likeness (QED) is 0.823. The minimum absolute atomic E-state index is 0.540. The van der Waals surface area contributed by atoms with E-state index in [1.54, 1.807) is 7.11 Å². The van der Waals surface area contributed by atoms with Gasteiger partial charge in [-0.25, -0.2) is 0 Å². The molecule has 1 aromatic carbocycles. The zero-order valence-corrected chi connectivity index (χ0v) is 9.49. The van der Waals surface area contributed by atoms with Crippen molar-refractivity contribution in [1.82, 2.24) is 0 Å². The average Bonchev–Trinajstić information content (AvgIpc) is 3.07. The van der Waals surface area contributed by atoms with E-state index in [0.717, 1.165) is 37.0 Å². The molecule has 0 bridgehead atoms. The molecule has 84 valence electrons. The first-order valence-corrected chi connectivity index (χ1v) is 5.84. The maximum absolute atomic E-state index is 10.3. The van der Waals surface area contributed by atoms with Gasteiger partial charge in [-0.1, -0.05) is 18.2 Å². The van der Waals surface area contributed by atoms with Crippen LogP contribution in [0.15, 0.2) is 24.3 Å². The van der Waals surface area contributed by atoms with Crippen LogP contribution in [0.4, 0.5) is 0 Å². The van der Waals surface area contributed by atoms with Crippen LogP contribution < -0.4 is 4.74 Å².